The number of nitrogens with one attached hydrogen (secondary N) is 1. The van der Waals surface area contributed by atoms with Crippen molar-refractivity contribution in [1.82, 2.24) is 9.97 Å². The lowest BCUT2D eigenvalue weighted by Crippen LogP contribution is -2.37. The molecule has 0 atom stereocenters. The minimum absolute atomic E-state index is 0.303. The maximum Gasteiger partial charge on any atom is 0.573 e. The number of nitrogen functional groups attached to an aromatic ring is 1. The van der Waals surface area contributed by atoms with Gasteiger partial charge in [0, 0.05) is 18.8 Å². The molecule has 1 saturated heterocycles. The van der Waals surface area contributed by atoms with Gasteiger partial charge in [-0.2, -0.15) is 0 Å². The maximum atomic E-state index is 12.2. The Kier molecular flexibility index (Phi) is 4.79. The van der Waals surface area contributed by atoms with E-state index in [0.717, 1.165) is 0 Å². The summed E-state index contributed by atoms with van der Waals surface area (Å²) in [7, 11) is 0. The molecule has 0 amide bonds. The number of nitrogens with two attached hydrogens (primary N) is 1. The number of ether oxygens (including phenoxy) is 2. The second-order valence-corrected chi connectivity index (χ2v) is 5.26. The molecule has 7 nitrogen and oxygen atoms in total. The molecule has 0 aliphatic carbocycles. The van der Waals surface area contributed by atoms with Crippen LogP contribution < -0.4 is 20.7 Å². The zero-order valence-corrected chi connectivity index (χ0v) is 13.1. The Morgan fingerprint density at radius 3 is 2.44 bits per heavy atom. The number of alkyl halides is 3. The van der Waals surface area contributed by atoms with Gasteiger partial charge < -0.3 is 25.4 Å². The summed E-state index contributed by atoms with van der Waals surface area (Å²) in [5, 5.41) is 2.97. The first-order valence-electron chi connectivity index (χ1n) is 7.48. The van der Waals surface area contributed by atoms with E-state index in [0.29, 0.717) is 49.3 Å². The first-order chi connectivity index (χ1) is 11.9. The van der Waals surface area contributed by atoms with E-state index in [4.69, 9.17) is 10.5 Å². The molecule has 2 aromatic rings. The van der Waals surface area contributed by atoms with Crippen LogP contribution in [0.15, 0.2) is 30.6 Å². The standard InChI is InChI=1S/C15H16F3N5O2/c16-15(17,18)25-11-3-1-10(2-4-11)22-13-12(19)14(21-9-20-13)23-5-7-24-8-6-23/h1-4,9H,5-8,19H2,(H,20,21,22). The Labute approximate surface area is 141 Å². The minimum Gasteiger partial charge on any atom is -0.406 e. The number of halogens is 3. The predicted molar refractivity (Wildman–Crippen MR) is 85.9 cm³/mol. The molecular formula is C15H16F3N5O2. The van der Waals surface area contributed by atoms with E-state index in [2.05, 4.69) is 20.0 Å². The van der Waals surface area contributed by atoms with Crippen molar-refractivity contribution in [2.75, 3.05) is 42.3 Å². The van der Waals surface area contributed by atoms with E-state index < -0.39 is 6.36 Å². The van der Waals surface area contributed by atoms with Gasteiger partial charge in [-0.15, -0.1) is 13.2 Å². The van der Waals surface area contributed by atoms with E-state index >= 15 is 0 Å². The molecule has 0 saturated carbocycles. The zero-order chi connectivity index (χ0) is 17.9. The summed E-state index contributed by atoms with van der Waals surface area (Å²) in [5.74, 6) is 0.668. The van der Waals surface area contributed by atoms with Crippen LogP contribution in [0.25, 0.3) is 0 Å². The quantitative estimate of drug-likeness (QED) is 0.872. The number of hydrogen-bond donors (Lipinski definition) is 2. The monoisotopic (exact) mass is 355 g/mol. The van der Waals surface area contributed by atoms with Gasteiger partial charge >= 0.3 is 6.36 Å². The van der Waals surface area contributed by atoms with Crippen molar-refractivity contribution < 1.29 is 22.6 Å². The van der Waals surface area contributed by atoms with E-state index in [1.807, 2.05) is 4.90 Å². The van der Waals surface area contributed by atoms with Crippen LogP contribution in [0.2, 0.25) is 0 Å². The summed E-state index contributed by atoms with van der Waals surface area (Å²) in [6.45, 7) is 2.52. The second kappa shape index (κ2) is 7.01. The third-order valence-corrected chi connectivity index (χ3v) is 3.52. The normalized spacial score (nSPS) is 15.1. The fourth-order valence-corrected chi connectivity index (χ4v) is 2.39. The number of nitrogens with zero attached hydrogens (tertiary/aromatic N) is 3. The Morgan fingerprint density at radius 1 is 1.12 bits per heavy atom. The molecule has 3 rings (SSSR count). The molecule has 1 fully saturated rings. The zero-order valence-electron chi connectivity index (χ0n) is 13.1. The van der Waals surface area contributed by atoms with Gasteiger partial charge in [0.15, 0.2) is 11.6 Å². The van der Waals surface area contributed by atoms with Crippen molar-refractivity contribution >= 4 is 23.0 Å². The van der Waals surface area contributed by atoms with Gasteiger partial charge in [0.1, 0.15) is 17.8 Å². The fraction of sp³-hybridized carbons (Fsp3) is 0.333. The van der Waals surface area contributed by atoms with Crippen molar-refractivity contribution in [3.05, 3.63) is 30.6 Å². The number of hydrogen-bond acceptors (Lipinski definition) is 7. The molecule has 2 heterocycles. The Morgan fingerprint density at radius 2 is 1.80 bits per heavy atom. The summed E-state index contributed by atoms with van der Waals surface area (Å²) in [5.41, 5.74) is 7.01. The molecule has 0 spiro atoms. The number of anilines is 4. The van der Waals surface area contributed by atoms with Crippen LogP contribution in [0.5, 0.6) is 5.75 Å². The van der Waals surface area contributed by atoms with Gasteiger partial charge in [-0.25, -0.2) is 9.97 Å². The largest absolute Gasteiger partial charge is 0.573 e. The number of benzene rings is 1. The van der Waals surface area contributed by atoms with Crippen LogP contribution in [0.3, 0.4) is 0 Å². The first kappa shape index (κ1) is 17.1. The first-order valence-corrected chi connectivity index (χ1v) is 7.48. The summed E-state index contributed by atoms with van der Waals surface area (Å²) >= 11 is 0. The molecular weight excluding hydrogens is 339 g/mol. The van der Waals surface area contributed by atoms with Crippen LogP contribution in [0.1, 0.15) is 0 Å². The minimum atomic E-state index is -4.72. The average Bonchev–Trinajstić information content (AvgIpc) is 2.58. The lowest BCUT2D eigenvalue weighted by molar-refractivity contribution is -0.274. The number of rotatable bonds is 4. The van der Waals surface area contributed by atoms with Gasteiger partial charge in [0.25, 0.3) is 0 Å². The molecule has 1 aliphatic heterocycles. The summed E-state index contributed by atoms with van der Waals surface area (Å²) in [4.78, 5) is 10.3. The second-order valence-electron chi connectivity index (χ2n) is 5.26. The predicted octanol–water partition coefficient (Wildman–Crippen LogP) is 2.54. The Bertz CT molecular complexity index is 718. The fourth-order valence-electron chi connectivity index (χ4n) is 2.39. The van der Waals surface area contributed by atoms with Crippen molar-refractivity contribution in [2.24, 2.45) is 0 Å². The molecule has 134 valence electrons. The van der Waals surface area contributed by atoms with Crippen molar-refractivity contribution in [2.45, 2.75) is 6.36 Å². The number of aromatic nitrogens is 2. The Balaban J connectivity index is 1.74. The van der Waals surface area contributed by atoms with E-state index in [9.17, 15) is 13.2 Å². The van der Waals surface area contributed by atoms with Crippen molar-refractivity contribution in [3.63, 3.8) is 0 Å². The maximum absolute atomic E-state index is 12.2. The average molecular weight is 355 g/mol. The SMILES string of the molecule is Nc1c(Nc2ccc(OC(F)(F)F)cc2)ncnc1N1CCOCC1. The molecule has 1 aliphatic rings. The lowest BCUT2D eigenvalue weighted by atomic mass is 10.3. The van der Waals surface area contributed by atoms with Gasteiger partial charge in [0.2, 0.25) is 0 Å². The summed E-state index contributed by atoms with van der Waals surface area (Å²) < 4.78 is 45.7. The van der Waals surface area contributed by atoms with E-state index in [1.165, 1.54) is 30.6 Å². The molecule has 0 unspecified atom stereocenters. The van der Waals surface area contributed by atoms with E-state index in [1.54, 1.807) is 0 Å². The van der Waals surface area contributed by atoms with Crippen LogP contribution in [0, 0.1) is 0 Å². The molecule has 1 aromatic heterocycles. The van der Waals surface area contributed by atoms with Gasteiger partial charge in [-0.1, -0.05) is 0 Å². The highest BCUT2D eigenvalue weighted by atomic mass is 19.4. The van der Waals surface area contributed by atoms with Crippen molar-refractivity contribution in [3.8, 4) is 5.75 Å². The lowest BCUT2D eigenvalue weighted by Gasteiger charge is -2.29. The van der Waals surface area contributed by atoms with Gasteiger partial charge in [-0.05, 0) is 24.3 Å². The van der Waals surface area contributed by atoms with Crippen LogP contribution in [0.4, 0.5) is 36.2 Å². The highest BCUT2D eigenvalue weighted by Crippen LogP contribution is 2.30. The van der Waals surface area contributed by atoms with Crippen molar-refractivity contribution in [1.29, 1.82) is 0 Å². The third-order valence-electron chi connectivity index (χ3n) is 3.52. The summed E-state index contributed by atoms with van der Waals surface area (Å²) in [6.07, 6.45) is -3.34. The summed E-state index contributed by atoms with van der Waals surface area (Å²) in [6, 6.07) is 5.29. The smallest absolute Gasteiger partial charge is 0.406 e. The highest BCUT2D eigenvalue weighted by molar-refractivity contribution is 5.78. The molecule has 3 N–H and O–H groups in total. The van der Waals surface area contributed by atoms with E-state index in [-0.39, 0.29) is 5.75 Å². The molecule has 10 heteroatoms. The van der Waals surface area contributed by atoms with Gasteiger partial charge in [-0.3, -0.25) is 0 Å². The molecule has 25 heavy (non-hydrogen) atoms. The third kappa shape index (κ3) is 4.41. The Hall–Kier alpha value is -2.75. The van der Waals surface area contributed by atoms with Crippen LogP contribution in [-0.4, -0.2) is 42.6 Å². The van der Waals surface area contributed by atoms with Crippen LogP contribution >= 0.6 is 0 Å². The molecule has 0 bridgehead atoms. The molecule has 1 aromatic carbocycles. The van der Waals surface area contributed by atoms with Crippen LogP contribution in [-0.2, 0) is 4.74 Å². The molecule has 0 radical (unpaired) electrons. The van der Waals surface area contributed by atoms with Gasteiger partial charge in [0.05, 0.1) is 13.2 Å². The highest BCUT2D eigenvalue weighted by Gasteiger charge is 2.31. The number of morpholine rings is 1. The topological polar surface area (TPSA) is 85.5 Å².